The van der Waals surface area contributed by atoms with E-state index < -0.39 is 0 Å². The van der Waals surface area contributed by atoms with E-state index in [9.17, 15) is 0 Å². The normalized spacial score (nSPS) is 10.4. The fraction of sp³-hybridized carbons (Fsp3) is 0.200. The number of aryl methyl sites for hydroxylation is 2. The lowest BCUT2D eigenvalue weighted by molar-refractivity contribution is 1.000. The highest BCUT2D eigenvalue weighted by Gasteiger charge is 2.01. The van der Waals surface area contributed by atoms with E-state index in [1.54, 1.807) is 6.33 Å². The predicted molar refractivity (Wildman–Crippen MR) is 99.9 cm³/mol. The molecule has 0 saturated heterocycles. The number of aromatic nitrogens is 2. The molecule has 4 nitrogen and oxygen atoms in total. The van der Waals surface area contributed by atoms with Crippen molar-refractivity contribution in [3.8, 4) is 0 Å². The lowest BCUT2D eigenvalue weighted by atomic mass is 10.1. The third-order valence-corrected chi connectivity index (χ3v) is 3.72. The van der Waals surface area contributed by atoms with Crippen LogP contribution >= 0.6 is 0 Å². The van der Waals surface area contributed by atoms with Crippen molar-refractivity contribution in [3.63, 3.8) is 0 Å². The summed E-state index contributed by atoms with van der Waals surface area (Å²) in [5.41, 5.74) is 4.81. The van der Waals surface area contributed by atoms with E-state index >= 15 is 0 Å². The number of anilines is 3. The molecule has 0 saturated carbocycles. The minimum atomic E-state index is 0.789. The zero-order chi connectivity index (χ0) is 16.8. The molecule has 0 radical (unpaired) electrons. The van der Waals surface area contributed by atoms with Crippen LogP contribution in [0.3, 0.4) is 0 Å². The molecule has 1 heterocycles. The first kappa shape index (κ1) is 16.0. The molecule has 4 heteroatoms. The second-order valence-electron chi connectivity index (χ2n) is 5.95. The van der Waals surface area contributed by atoms with Gasteiger partial charge in [0.15, 0.2) is 0 Å². The Kier molecular flexibility index (Phi) is 5.06. The quantitative estimate of drug-likeness (QED) is 0.703. The summed E-state index contributed by atoms with van der Waals surface area (Å²) in [7, 11) is 0. The van der Waals surface area contributed by atoms with Gasteiger partial charge in [-0.3, -0.25) is 0 Å². The van der Waals surface area contributed by atoms with Crippen LogP contribution in [-0.4, -0.2) is 16.5 Å². The van der Waals surface area contributed by atoms with Gasteiger partial charge in [0.2, 0.25) is 0 Å². The third kappa shape index (κ3) is 4.56. The monoisotopic (exact) mass is 318 g/mol. The van der Waals surface area contributed by atoms with Gasteiger partial charge in [-0.15, -0.1) is 0 Å². The Balaban J connectivity index is 1.61. The summed E-state index contributed by atoms with van der Waals surface area (Å²) in [6.07, 6.45) is 2.54. The van der Waals surface area contributed by atoms with Gasteiger partial charge in [0.05, 0.1) is 0 Å². The van der Waals surface area contributed by atoms with Gasteiger partial charge in [-0.25, -0.2) is 9.97 Å². The molecule has 2 aromatic carbocycles. The van der Waals surface area contributed by atoms with Gasteiger partial charge in [-0.05, 0) is 49.1 Å². The second-order valence-corrected chi connectivity index (χ2v) is 5.95. The average Bonchev–Trinajstić information content (AvgIpc) is 2.55. The van der Waals surface area contributed by atoms with E-state index in [0.717, 1.165) is 30.3 Å². The molecule has 3 aromatic rings. The van der Waals surface area contributed by atoms with E-state index in [-0.39, 0.29) is 0 Å². The number of nitrogens with zero attached hydrogens (tertiary/aromatic N) is 2. The molecule has 0 bridgehead atoms. The molecule has 0 aliphatic rings. The molecule has 0 aliphatic heterocycles. The van der Waals surface area contributed by atoms with Crippen LogP contribution in [0.2, 0.25) is 0 Å². The van der Waals surface area contributed by atoms with E-state index in [1.165, 1.54) is 16.7 Å². The Labute approximate surface area is 143 Å². The zero-order valence-electron chi connectivity index (χ0n) is 14.1. The minimum Gasteiger partial charge on any atom is -0.370 e. The van der Waals surface area contributed by atoms with Crippen molar-refractivity contribution in [3.05, 3.63) is 77.6 Å². The van der Waals surface area contributed by atoms with Crippen LogP contribution < -0.4 is 10.6 Å². The summed E-state index contributed by atoms with van der Waals surface area (Å²) in [6.45, 7) is 5.02. The van der Waals surface area contributed by atoms with Crippen molar-refractivity contribution in [2.24, 2.45) is 0 Å². The van der Waals surface area contributed by atoms with Crippen molar-refractivity contribution >= 4 is 17.3 Å². The Morgan fingerprint density at radius 3 is 2.29 bits per heavy atom. The van der Waals surface area contributed by atoms with Gasteiger partial charge in [0.25, 0.3) is 0 Å². The van der Waals surface area contributed by atoms with Crippen LogP contribution in [0.25, 0.3) is 0 Å². The van der Waals surface area contributed by atoms with Crippen LogP contribution in [-0.2, 0) is 6.42 Å². The largest absolute Gasteiger partial charge is 0.370 e. The molecular weight excluding hydrogens is 296 g/mol. The summed E-state index contributed by atoms with van der Waals surface area (Å²) in [5, 5.41) is 6.69. The molecular formula is C20H22N4. The smallest absolute Gasteiger partial charge is 0.135 e. The van der Waals surface area contributed by atoms with Crippen LogP contribution in [0.15, 0.2) is 60.9 Å². The van der Waals surface area contributed by atoms with Gasteiger partial charge in [-0.2, -0.15) is 0 Å². The Morgan fingerprint density at radius 2 is 1.54 bits per heavy atom. The minimum absolute atomic E-state index is 0.789. The van der Waals surface area contributed by atoms with E-state index in [4.69, 9.17) is 0 Å². The topological polar surface area (TPSA) is 49.8 Å². The molecule has 122 valence electrons. The van der Waals surface area contributed by atoms with Gasteiger partial charge < -0.3 is 10.6 Å². The highest BCUT2D eigenvalue weighted by Crippen LogP contribution is 2.19. The number of rotatable bonds is 6. The Hall–Kier alpha value is -2.88. The molecule has 24 heavy (non-hydrogen) atoms. The first-order chi connectivity index (χ1) is 11.7. The average molecular weight is 318 g/mol. The zero-order valence-corrected chi connectivity index (χ0v) is 14.1. The maximum Gasteiger partial charge on any atom is 0.135 e. The summed E-state index contributed by atoms with van der Waals surface area (Å²) < 4.78 is 0. The second kappa shape index (κ2) is 7.59. The standard InChI is InChI=1S/C20H22N4/c1-15-10-16(2)12-18(11-15)24-20-13-19(22-14-23-20)21-9-8-17-6-4-3-5-7-17/h3-7,10-14H,8-9H2,1-2H3,(H2,21,22,23,24). The fourth-order valence-corrected chi connectivity index (χ4v) is 2.70. The molecule has 0 amide bonds. The van der Waals surface area contributed by atoms with E-state index in [0.29, 0.717) is 0 Å². The number of hydrogen-bond acceptors (Lipinski definition) is 4. The summed E-state index contributed by atoms with van der Waals surface area (Å²) in [4.78, 5) is 8.58. The lowest BCUT2D eigenvalue weighted by Crippen LogP contribution is -2.07. The lowest BCUT2D eigenvalue weighted by Gasteiger charge is -2.10. The molecule has 0 aliphatic carbocycles. The Bertz CT molecular complexity index is 779. The fourth-order valence-electron chi connectivity index (χ4n) is 2.70. The molecule has 0 spiro atoms. The molecule has 3 rings (SSSR count). The van der Waals surface area contributed by atoms with Crippen molar-refractivity contribution in [2.75, 3.05) is 17.2 Å². The van der Waals surface area contributed by atoms with Crippen molar-refractivity contribution in [1.29, 1.82) is 0 Å². The summed E-state index contributed by atoms with van der Waals surface area (Å²) >= 11 is 0. The SMILES string of the molecule is Cc1cc(C)cc(Nc2cc(NCCc3ccccc3)ncn2)c1. The number of benzene rings is 2. The maximum atomic E-state index is 4.30. The van der Waals surface area contributed by atoms with Crippen LogP contribution in [0.4, 0.5) is 17.3 Å². The van der Waals surface area contributed by atoms with Crippen LogP contribution in [0, 0.1) is 13.8 Å². The number of nitrogens with one attached hydrogen (secondary N) is 2. The molecule has 0 unspecified atom stereocenters. The number of hydrogen-bond donors (Lipinski definition) is 2. The van der Waals surface area contributed by atoms with Gasteiger partial charge in [-0.1, -0.05) is 36.4 Å². The predicted octanol–water partition coefficient (Wildman–Crippen LogP) is 4.49. The first-order valence-electron chi connectivity index (χ1n) is 8.14. The molecule has 0 atom stereocenters. The summed E-state index contributed by atoms with van der Waals surface area (Å²) in [5.74, 6) is 1.62. The first-order valence-corrected chi connectivity index (χ1v) is 8.14. The van der Waals surface area contributed by atoms with Crippen molar-refractivity contribution in [2.45, 2.75) is 20.3 Å². The molecule has 0 fully saturated rings. The van der Waals surface area contributed by atoms with Crippen molar-refractivity contribution < 1.29 is 0 Å². The van der Waals surface area contributed by atoms with Crippen LogP contribution in [0.1, 0.15) is 16.7 Å². The highest BCUT2D eigenvalue weighted by atomic mass is 15.1. The van der Waals surface area contributed by atoms with E-state index in [1.807, 2.05) is 12.1 Å². The van der Waals surface area contributed by atoms with Gasteiger partial charge >= 0.3 is 0 Å². The van der Waals surface area contributed by atoms with Crippen LogP contribution in [0.5, 0.6) is 0 Å². The third-order valence-electron chi connectivity index (χ3n) is 3.72. The van der Waals surface area contributed by atoms with Gasteiger partial charge in [0.1, 0.15) is 18.0 Å². The van der Waals surface area contributed by atoms with Crippen molar-refractivity contribution in [1.82, 2.24) is 9.97 Å². The van der Waals surface area contributed by atoms with E-state index in [2.05, 4.69) is 76.9 Å². The van der Waals surface area contributed by atoms with Gasteiger partial charge in [0, 0.05) is 18.3 Å². The molecule has 2 N–H and O–H groups in total. The highest BCUT2D eigenvalue weighted by molar-refractivity contribution is 5.60. The summed E-state index contributed by atoms with van der Waals surface area (Å²) in [6, 6.07) is 18.7. The molecule has 1 aromatic heterocycles. The maximum absolute atomic E-state index is 4.30. The Morgan fingerprint density at radius 1 is 0.833 bits per heavy atom.